The normalized spacial score (nSPS) is 15.1. The summed E-state index contributed by atoms with van der Waals surface area (Å²) >= 11 is 3.30. The van der Waals surface area contributed by atoms with Crippen LogP contribution in [0.1, 0.15) is 10.4 Å². The fraction of sp³-hybridized carbons (Fsp3) is 0.500. The summed E-state index contributed by atoms with van der Waals surface area (Å²) < 4.78 is 31.5. The molecule has 27 heavy (non-hydrogen) atoms. The Hall–Kier alpha value is -1.69. The van der Waals surface area contributed by atoms with E-state index in [0.717, 1.165) is 4.47 Å². The number of nitrogens with one attached hydrogen (secondary N) is 3. The summed E-state index contributed by atoms with van der Waals surface area (Å²) in [6, 6.07) is 6.49. The lowest BCUT2D eigenvalue weighted by atomic mass is 10.2. The molecule has 1 aliphatic rings. The number of ether oxygens (including phenoxy) is 1. The van der Waals surface area contributed by atoms with Gasteiger partial charge in [-0.25, -0.2) is 13.2 Å². The predicted molar refractivity (Wildman–Crippen MR) is 104 cm³/mol. The van der Waals surface area contributed by atoms with E-state index in [0.29, 0.717) is 31.9 Å². The zero-order valence-electron chi connectivity index (χ0n) is 14.7. The van der Waals surface area contributed by atoms with Crippen molar-refractivity contribution in [2.45, 2.75) is 0 Å². The minimum absolute atomic E-state index is 0.00985. The molecule has 1 aromatic rings. The fourth-order valence-electron chi connectivity index (χ4n) is 2.39. The van der Waals surface area contributed by atoms with Crippen LogP contribution in [0.15, 0.2) is 28.7 Å². The highest BCUT2D eigenvalue weighted by atomic mass is 79.9. The molecule has 0 atom stereocenters. The first-order valence-corrected chi connectivity index (χ1v) is 10.9. The number of benzene rings is 1. The Morgan fingerprint density at radius 2 is 1.74 bits per heavy atom. The minimum atomic E-state index is -3.40. The lowest BCUT2D eigenvalue weighted by Gasteiger charge is -2.26. The fourth-order valence-corrected chi connectivity index (χ4v) is 4.12. The lowest BCUT2D eigenvalue weighted by molar-refractivity contribution is 0.0730. The van der Waals surface area contributed by atoms with Crippen LogP contribution in [-0.4, -0.2) is 76.4 Å². The standard InChI is InChI=1S/C16H23BrN4O5S/c17-14-3-1-2-13(12-14)15(22)18-4-5-19-16(23)20-6-11-27(24,25)21-7-9-26-10-8-21/h1-3,12H,4-11H2,(H,18,22)(H2,19,20,23). The van der Waals surface area contributed by atoms with E-state index in [1.165, 1.54) is 4.31 Å². The van der Waals surface area contributed by atoms with E-state index in [-0.39, 0.29) is 31.3 Å². The van der Waals surface area contributed by atoms with Crippen molar-refractivity contribution < 1.29 is 22.7 Å². The first-order valence-electron chi connectivity index (χ1n) is 8.49. The quantitative estimate of drug-likeness (QED) is 0.475. The Morgan fingerprint density at radius 3 is 2.44 bits per heavy atom. The van der Waals surface area contributed by atoms with E-state index in [4.69, 9.17) is 4.74 Å². The molecule has 3 N–H and O–H groups in total. The molecule has 0 radical (unpaired) electrons. The Kier molecular flexibility index (Phi) is 8.48. The number of carbonyl (C=O) groups is 2. The zero-order valence-corrected chi connectivity index (χ0v) is 17.1. The van der Waals surface area contributed by atoms with E-state index in [9.17, 15) is 18.0 Å². The molecule has 1 saturated heterocycles. The highest BCUT2D eigenvalue weighted by molar-refractivity contribution is 9.10. The summed E-state index contributed by atoms with van der Waals surface area (Å²) in [5, 5.41) is 7.75. The molecule has 0 saturated carbocycles. The van der Waals surface area contributed by atoms with Crippen molar-refractivity contribution in [3.63, 3.8) is 0 Å². The van der Waals surface area contributed by atoms with Crippen LogP contribution in [-0.2, 0) is 14.8 Å². The molecular formula is C16H23BrN4O5S. The number of morpholine rings is 1. The number of hydrogen-bond donors (Lipinski definition) is 3. The largest absolute Gasteiger partial charge is 0.379 e. The van der Waals surface area contributed by atoms with Crippen LogP contribution in [0, 0.1) is 0 Å². The predicted octanol–water partition coefficient (Wildman–Crippen LogP) is 0.140. The summed E-state index contributed by atoms with van der Waals surface area (Å²) in [6.45, 7) is 1.94. The number of amides is 3. The molecule has 0 aromatic heterocycles. The maximum atomic E-state index is 12.1. The maximum Gasteiger partial charge on any atom is 0.314 e. The molecule has 0 unspecified atom stereocenters. The number of halogens is 1. The topological polar surface area (TPSA) is 117 Å². The summed E-state index contributed by atoms with van der Waals surface area (Å²) in [6.07, 6.45) is 0. The molecular weight excluding hydrogens is 440 g/mol. The van der Waals surface area contributed by atoms with Gasteiger partial charge in [0.15, 0.2) is 0 Å². The van der Waals surface area contributed by atoms with E-state index < -0.39 is 16.1 Å². The molecule has 0 bridgehead atoms. The van der Waals surface area contributed by atoms with E-state index in [2.05, 4.69) is 31.9 Å². The Morgan fingerprint density at radius 1 is 1.07 bits per heavy atom. The van der Waals surface area contributed by atoms with Gasteiger partial charge >= 0.3 is 6.03 Å². The molecule has 1 heterocycles. The zero-order chi connectivity index (χ0) is 19.7. The van der Waals surface area contributed by atoms with Gasteiger partial charge in [0.05, 0.1) is 19.0 Å². The summed E-state index contributed by atoms with van der Waals surface area (Å²) in [4.78, 5) is 23.6. The number of hydrogen-bond acceptors (Lipinski definition) is 5. The highest BCUT2D eigenvalue weighted by Crippen LogP contribution is 2.11. The van der Waals surface area contributed by atoms with Crippen molar-refractivity contribution in [2.24, 2.45) is 0 Å². The molecule has 9 nitrogen and oxygen atoms in total. The number of sulfonamides is 1. The van der Waals surface area contributed by atoms with Crippen LogP contribution in [0.5, 0.6) is 0 Å². The van der Waals surface area contributed by atoms with E-state index in [1.807, 2.05) is 6.07 Å². The molecule has 1 aliphatic heterocycles. The third kappa shape index (κ3) is 7.45. The van der Waals surface area contributed by atoms with Crippen LogP contribution in [0.25, 0.3) is 0 Å². The van der Waals surface area contributed by atoms with Gasteiger partial charge in [-0.15, -0.1) is 0 Å². The van der Waals surface area contributed by atoms with Crippen LogP contribution in [0.4, 0.5) is 4.79 Å². The van der Waals surface area contributed by atoms with E-state index in [1.54, 1.807) is 18.2 Å². The van der Waals surface area contributed by atoms with Crippen LogP contribution in [0.3, 0.4) is 0 Å². The summed E-state index contributed by atoms with van der Waals surface area (Å²) in [7, 11) is -3.40. The van der Waals surface area contributed by atoms with Crippen molar-refractivity contribution >= 4 is 37.9 Å². The van der Waals surface area contributed by atoms with Gasteiger partial charge in [-0.2, -0.15) is 4.31 Å². The number of carbonyl (C=O) groups excluding carboxylic acids is 2. The summed E-state index contributed by atoms with van der Waals surface area (Å²) in [5.41, 5.74) is 0.516. The molecule has 11 heteroatoms. The SMILES string of the molecule is O=C(NCCNC(=O)c1cccc(Br)c1)NCCS(=O)(=O)N1CCOCC1. The molecule has 150 valence electrons. The Balaban J connectivity index is 1.60. The number of nitrogens with zero attached hydrogens (tertiary/aromatic N) is 1. The third-order valence-corrected chi connectivity index (χ3v) is 6.16. The first kappa shape index (κ1) is 21.6. The molecule has 2 rings (SSSR count). The molecule has 3 amide bonds. The van der Waals surface area contributed by atoms with Crippen molar-refractivity contribution in [3.8, 4) is 0 Å². The Labute approximate surface area is 167 Å². The van der Waals surface area contributed by atoms with Gasteiger partial charge in [0, 0.05) is 42.8 Å². The number of rotatable bonds is 8. The van der Waals surface area contributed by atoms with Gasteiger partial charge in [-0.1, -0.05) is 22.0 Å². The second-order valence-corrected chi connectivity index (χ2v) is 8.78. The van der Waals surface area contributed by atoms with Crippen molar-refractivity contribution in [1.82, 2.24) is 20.3 Å². The molecule has 1 aromatic carbocycles. The van der Waals surface area contributed by atoms with Crippen molar-refractivity contribution in [2.75, 3.05) is 51.7 Å². The van der Waals surface area contributed by atoms with Crippen molar-refractivity contribution in [1.29, 1.82) is 0 Å². The van der Waals surface area contributed by atoms with Crippen molar-refractivity contribution in [3.05, 3.63) is 34.3 Å². The van der Waals surface area contributed by atoms with E-state index >= 15 is 0 Å². The first-order chi connectivity index (χ1) is 12.9. The second-order valence-electron chi connectivity index (χ2n) is 5.78. The highest BCUT2D eigenvalue weighted by Gasteiger charge is 2.23. The average Bonchev–Trinajstić information content (AvgIpc) is 2.65. The molecule has 1 fully saturated rings. The summed E-state index contributed by atoms with van der Waals surface area (Å²) in [5.74, 6) is -0.407. The van der Waals surface area contributed by atoms with Gasteiger partial charge in [0.2, 0.25) is 10.0 Å². The number of urea groups is 1. The lowest BCUT2D eigenvalue weighted by Crippen LogP contribution is -2.45. The van der Waals surface area contributed by atoms with Crippen LogP contribution < -0.4 is 16.0 Å². The minimum Gasteiger partial charge on any atom is -0.379 e. The average molecular weight is 463 g/mol. The Bertz CT molecular complexity index is 753. The molecule has 0 spiro atoms. The van der Waals surface area contributed by atoms with Gasteiger partial charge in [-0.3, -0.25) is 4.79 Å². The third-order valence-electron chi connectivity index (χ3n) is 3.79. The van der Waals surface area contributed by atoms with Gasteiger partial charge < -0.3 is 20.7 Å². The molecule has 0 aliphatic carbocycles. The smallest absolute Gasteiger partial charge is 0.314 e. The second kappa shape index (κ2) is 10.6. The monoisotopic (exact) mass is 462 g/mol. The van der Waals surface area contributed by atoms with Gasteiger partial charge in [-0.05, 0) is 18.2 Å². The van der Waals surface area contributed by atoms with Gasteiger partial charge in [0.25, 0.3) is 5.91 Å². The van der Waals surface area contributed by atoms with Crippen LogP contribution in [0.2, 0.25) is 0 Å². The van der Waals surface area contributed by atoms with Crippen LogP contribution >= 0.6 is 15.9 Å². The maximum absolute atomic E-state index is 12.1. The van der Waals surface area contributed by atoms with Gasteiger partial charge in [0.1, 0.15) is 0 Å².